The first-order valence-electron chi connectivity index (χ1n) is 19.8. The van der Waals surface area contributed by atoms with Crippen LogP contribution in [0.1, 0.15) is 55.8 Å². The molecular weight excluding hydrogens is 777 g/mol. The highest BCUT2D eigenvalue weighted by Gasteiger charge is 2.23. The first kappa shape index (κ1) is 54.7. The Hall–Kier alpha value is -6.27. The molecule has 330 valence electrons. The highest BCUT2D eigenvalue weighted by Crippen LogP contribution is 2.10. The molecule has 0 unspecified atom stereocenters. The van der Waals surface area contributed by atoms with Gasteiger partial charge in [-0.2, -0.15) is 19.2 Å². The van der Waals surface area contributed by atoms with Crippen molar-refractivity contribution >= 4 is 30.2 Å². The van der Waals surface area contributed by atoms with Crippen molar-refractivity contribution in [2.45, 2.75) is 46.8 Å². The van der Waals surface area contributed by atoms with Gasteiger partial charge in [-0.05, 0) is 52.0 Å². The number of piperazine rings is 3. The molecule has 3 amide bonds. The van der Waals surface area contributed by atoms with Gasteiger partial charge in [-0.3, -0.25) is 9.59 Å². The van der Waals surface area contributed by atoms with Crippen molar-refractivity contribution in [1.82, 2.24) is 30.7 Å². The summed E-state index contributed by atoms with van der Waals surface area (Å²) in [6.07, 6.45) is 0.300. The summed E-state index contributed by atoms with van der Waals surface area (Å²) in [6.45, 7) is 16.9. The van der Waals surface area contributed by atoms with Crippen molar-refractivity contribution in [3.8, 4) is 0 Å². The molecule has 4 aromatic rings. The lowest BCUT2D eigenvalue weighted by atomic mass is 10.1. The van der Waals surface area contributed by atoms with E-state index in [2.05, 4.69) is 22.9 Å². The lowest BCUT2D eigenvalue weighted by Crippen LogP contribution is -2.51. The summed E-state index contributed by atoms with van der Waals surface area (Å²) in [5, 5.41) is 9.73. The van der Waals surface area contributed by atoms with Crippen molar-refractivity contribution < 1.29 is 38.3 Å². The van der Waals surface area contributed by atoms with Gasteiger partial charge in [0.15, 0.2) is 0 Å². The zero-order chi connectivity index (χ0) is 44.3. The molecule has 3 fully saturated rings. The average molecular weight is 841 g/mol. The molecule has 0 aromatic heterocycles. The number of ether oxygens (including phenoxy) is 1. The normalized spacial score (nSPS) is 14.9. The SMILES string of the molecule is C.CC(C)(C)OC(=O)N1CCNCC1.C[C@@H]1CN(C(=O)c2ccccc2)CCN1.O=C(c1ccccc1)N1CCNCC1.O=C=O.O=C=O.c1ccccc1.c1ccccc1. The largest absolute Gasteiger partial charge is 0.444 e. The minimum Gasteiger partial charge on any atom is -0.444 e. The molecule has 3 saturated heterocycles. The number of carbonyl (C=O) groups is 3. The van der Waals surface area contributed by atoms with Gasteiger partial charge >= 0.3 is 18.4 Å². The molecular formula is C47H64N6O8. The van der Waals surface area contributed by atoms with Crippen molar-refractivity contribution in [3.05, 3.63) is 145 Å². The third-order valence-corrected chi connectivity index (χ3v) is 8.20. The van der Waals surface area contributed by atoms with Crippen LogP contribution in [0.15, 0.2) is 133 Å². The number of rotatable bonds is 2. The van der Waals surface area contributed by atoms with Gasteiger partial charge < -0.3 is 35.4 Å². The summed E-state index contributed by atoms with van der Waals surface area (Å²) in [5.41, 5.74) is 1.18. The summed E-state index contributed by atoms with van der Waals surface area (Å²) < 4.78 is 5.24. The molecule has 0 radical (unpaired) electrons. The molecule has 14 nitrogen and oxygen atoms in total. The average Bonchev–Trinajstić information content (AvgIpc) is 3.29. The molecule has 1 atom stereocenters. The molecule has 3 heterocycles. The maximum absolute atomic E-state index is 12.0. The van der Waals surface area contributed by atoms with E-state index < -0.39 is 0 Å². The van der Waals surface area contributed by atoms with Crippen LogP contribution < -0.4 is 16.0 Å². The fourth-order valence-electron chi connectivity index (χ4n) is 5.46. The second-order valence-corrected chi connectivity index (χ2v) is 14.1. The van der Waals surface area contributed by atoms with E-state index in [1.807, 2.05) is 164 Å². The highest BCUT2D eigenvalue weighted by molar-refractivity contribution is 5.94. The van der Waals surface area contributed by atoms with E-state index in [0.717, 1.165) is 83.1 Å². The topological polar surface area (TPSA) is 175 Å². The number of nitrogens with one attached hydrogen (secondary N) is 3. The van der Waals surface area contributed by atoms with Crippen LogP contribution in [0.5, 0.6) is 0 Å². The zero-order valence-electron chi connectivity index (χ0n) is 35.2. The predicted molar refractivity (Wildman–Crippen MR) is 235 cm³/mol. The Labute approximate surface area is 361 Å². The van der Waals surface area contributed by atoms with Crippen LogP contribution in [0.3, 0.4) is 0 Å². The van der Waals surface area contributed by atoms with Gasteiger partial charge in [0, 0.05) is 89.2 Å². The van der Waals surface area contributed by atoms with Crippen molar-refractivity contribution in [1.29, 1.82) is 0 Å². The molecule has 3 aliphatic heterocycles. The van der Waals surface area contributed by atoms with Gasteiger partial charge in [0.05, 0.1) is 0 Å². The van der Waals surface area contributed by atoms with Crippen LogP contribution in [0.2, 0.25) is 0 Å². The van der Waals surface area contributed by atoms with E-state index in [4.69, 9.17) is 23.9 Å². The van der Waals surface area contributed by atoms with Crippen molar-refractivity contribution in [2.75, 3.05) is 72.0 Å². The first-order chi connectivity index (χ1) is 29.0. The van der Waals surface area contributed by atoms with Gasteiger partial charge in [0.2, 0.25) is 0 Å². The summed E-state index contributed by atoms with van der Waals surface area (Å²) in [7, 11) is 0. The van der Waals surface area contributed by atoms with Crippen molar-refractivity contribution in [3.63, 3.8) is 0 Å². The van der Waals surface area contributed by atoms with Crippen molar-refractivity contribution in [2.24, 2.45) is 0 Å². The molecule has 61 heavy (non-hydrogen) atoms. The highest BCUT2D eigenvalue weighted by atomic mass is 16.6. The Balaban J connectivity index is 0.000000735. The Bertz CT molecular complexity index is 1660. The predicted octanol–water partition coefficient (Wildman–Crippen LogP) is 5.52. The number of carbonyl (C=O) groups excluding carboxylic acids is 7. The summed E-state index contributed by atoms with van der Waals surface area (Å²) in [5.74, 6) is 0.288. The molecule has 0 saturated carbocycles. The smallest absolute Gasteiger partial charge is 0.410 e. The van der Waals surface area contributed by atoms with Crippen LogP contribution in [-0.4, -0.2) is 129 Å². The monoisotopic (exact) mass is 840 g/mol. The van der Waals surface area contributed by atoms with Gasteiger partial charge in [0.1, 0.15) is 5.60 Å². The zero-order valence-corrected chi connectivity index (χ0v) is 35.2. The summed E-state index contributed by atoms with van der Waals surface area (Å²) in [4.78, 5) is 73.5. The maximum atomic E-state index is 12.0. The summed E-state index contributed by atoms with van der Waals surface area (Å²) >= 11 is 0. The fourth-order valence-corrected chi connectivity index (χ4v) is 5.46. The molecule has 3 N–H and O–H groups in total. The molecule has 14 heteroatoms. The van der Waals surface area contributed by atoms with Gasteiger partial charge in [-0.1, -0.05) is 117 Å². The van der Waals surface area contributed by atoms with Crippen LogP contribution in [0.25, 0.3) is 0 Å². The Morgan fingerprint density at radius 3 is 1.15 bits per heavy atom. The van der Waals surface area contributed by atoms with E-state index >= 15 is 0 Å². The molecule has 0 bridgehead atoms. The molecule has 4 aromatic carbocycles. The first-order valence-corrected chi connectivity index (χ1v) is 19.8. The molecule has 0 spiro atoms. The third kappa shape index (κ3) is 27.2. The second-order valence-electron chi connectivity index (χ2n) is 14.1. The molecule has 0 aliphatic carbocycles. The van der Waals surface area contributed by atoms with Crippen LogP contribution >= 0.6 is 0 Å². The standard InChI is InChI=1S/C12H16N2O.C11H14N2O.C9H18N2O2.2C6H6.2CO2.CH4/c1-10-9-14(8-7-13-10)12(15)11-5-3-2-4-6-11;14-11(10-4-2-1-3-5-10)13-8-6-12-7-9-13;1-9(2,3)13-8(12)11-6-4-10-5-7-11;2*1-2-4-6-5-3-1;2*2-1-3;/h2-6,10,13H,7-9H2,1H3;1-5,12H,6-9H2;10H,4-7H2,1-3H3;2*1-6H;;;1H4/t10-;;;;;;;/m1......./s1. The molecule has 7 rings (SSSR count). The minimum atomic E-state index is -0.387. The molecule has 3 aliphatic rings. The van der Waals surface area contributed by atoms with Crippen LogP contribution in [0, 0.1) is 0 Å². The Kier molecular flexibility index (Phi) is 31.0. The van der Waals surface area contributed by atoms with Gasteiger partial charge in [-0.15, -0.1) is 0 Å². The van der Waals surface area contributed by atoms with E-state index in [9.17, 15) is 14.4 Å². The Morgan fingerprint density at radius 2 is 0.820 bits per heavy atom. The van der Waals surface area contributed by atoms with Gasteiger partial charge in [0.25, 0.3) is 11.8 Å². The second kappa shape index (κ2) is 34.6. The quantitative estimate of drug-likeness (QED) is 0.232. The number of amides is 3. The maximum Gasteiger partial charge on any atom is 0.410 e. The van der Waals surface area contributed by atoms with Crippen LogP contribution in [-0.2, 0) is 23.9 Å². The summed E-state index contributed by atoms with van der Waals surface area (Å²) in [6, 6.07) is 43.3. The van der Waals surface area contributed by atoms with Gasteiger partial charge in [-0.25, -0.2) is 4.79 Å². The van der Waals surface area contributed by atoms with E-state index in [-0.39, 0.29) is 43.2 Å². The van der Waals surface area contributed by atoms with E-state index in [1.165, 1.54) is 0 Å². The number of hydrogen-bond donors (Lipinski definition) is 3. The van der Waals surface area contributed by atoms with Crippen LogP contribution in [0.4, 0.5) is 4.79 Å². The fraction of sp³-hybridized carbons (Fsp3) is 0.383. The minimum absolute atomic E-state index is 0. The number of benzene rings is 4. The van der Waals surface area contributed by atoms with E-state index in [0.29, 0.717) is 6.04 Å². The lowest BCUT2D eigenvalue weighted by molar-refractivity contribution is -0.193. The number of hydrogen-bond acceptors (Lipinski definition) is 11. The lowest BCUT2D eigenvalue weighted by Gasteiger charge is -2.31. The Morgan fingerprint density at radius 1 is 0.525 bits per heavy atom. The van der Waals surface area contributed by atoms with E-state index in [1.54, 1.807) is 4.90 Å². The third-order valence-electron chi connectivity index (χ3n) is 8.20. The number of nitrogens with zero attached hydrogens (tertiary/aromatic N) is 3.